The zero-order chi connectivity index (χ0) is 76.0. The summed E-state index contributed by atoms with van der Waals surface area (Å²) in [6.45, 7) is 21.9. The van der Waals surface area contributed by atoms with Crippen molar-refractivity contribution >= 4 is 53.7 Å². The van der Waals surface area contributed by atoms with Gasteiger partial charge in [-0.05, 0) is 122 Å². The minimum absolute atomic E-state index is 0. The molecule has 0 fully saturated rings. The Morgan fingerprint density at radius 2 is 0.689 bits per heavy atom. The molecule has 0 aliphatic rings. The van der Waals surface area contributed by atoms with Crippen LogP contribution in [0.5, 0.6) is 0 Å². The predicted octanol–water partition coefficient (Wildman–Crippen LogP) is 14.6. The molecule has 8 rings (SSSR count). The Morgan fingerprint density at radius 1 is 0.447 bits per heavy atom. The average Bonchev–Trinajstić information content (AvgIpc) is 0.896. The van der Waals surface area contributed by atoms with Gasteiger partial charge in [-0.2, -0.15) is 24.6 Å². The van der Waals surface area contributed by atoms with Crippen LogP contribution >= 0.6 is 0 Å². The number of hydrogen-bond acceptors (Lipinski definition) is 18. The smallest absolute Gasteiger partial charge is 1.00 e. The summed E-state index contributed by atoms with van der Waals surface area (Å²) in [5, 5.41) is 47.0. The number of aliphatic hydroxyl groups is 4. The van der Waals surface area contributed by atoms with Crippen LogP contribution in [0.1, 0.15) is 176 Å². The fraction of sp³-hybridized carbons (Fsp3) is 0.282. The van der Waals surface area contributed by atoms with Gasteiger partial charge in [0.05, 0.1) is 39.5 Å². The Bertz CT molecular complexity index is 3730. The van der Waals surface area contributed by atoms with Crippen LogP contribution in [0.3, 0.4) is 0 Å². The van der Waals surface area contributed by atoms with Crippen LogP contribution in [0.15, 0.2) is 204 Å². The number of aldehydes is 5. The number of aliphatic hydroxyl groups excluding tert-OH is 4. The van der Waals surface area contributed by atoms with Crippen molar-refractivity contribution in [2.45, 2.75) is 132 Å². The monoisotopic (exact) mass is 1410 g/mol. The van der Waals surface area contributed by atoms with Gasteiger partial charge in [0.1, 0.15) is 42.6 Å². The van der Waals surface area contributed by atoms with Gasteiger partial charge in [0.2, 0.25) is 0 Å². The molecule has 0 bridgehead atoms. The first-order valence-corrected chi connectivity index (χ1v) is 32.0. The number of hydrogen-bond donors (Lipinski definition) is 7. The standard InChI is InChI=1S/C13H19NO3.C13H17NO3.C12H16O3.C8H9N3O.C8H7N3O.C8H11NO.C8H8O2.C8H7O.Be.H/c2*1-13(2,3)17-12(16)14-8-10-4-6-11(9-15)7-5-10;1-3-14-12(15-4-2)11-7-5-10(9-13)6-8-11;2*9-11-10-5-7-1-3-8(6-12)4-2-7;9-5-7-1-3-8(6-10)4-2-7;9-5-7-1-2-8(6-10)4-3-7;1-7-2-4-8(6-9)5-3-7;;/h4-7,15H,8-9H2,1-3H3,(H,14,16);4-7,9H,8H2,1-3H3,(H,14,16);5-9,12H,3-4H2,1-2H3;1-4,12H,5-6H2;1-4,6H,5H2;1-4,10H,5-6,9H2;1-5,10H,6H2;2-6H,1H2;;/q;;;;;;;-1;+2;-1. The van der Waals surface area contributed by atoms with Crippen molar-refractivity contribution in [1.29, 1.82) is 0 Å². The second kappa shape index (κ2) is 54.8. The molecule has 0 aliphatic heterocycles. The molecule has 0 saturated carbocycles. The summed E-state index contributed by atoms with van der Waals surface area (Å²) >= 11 is 0. The maximum Gasteiger partial charge on any atom is 2.00 e. The molecule has 24 nitrogen and oxygen atoms in total. The topological polar surface area (TPSA) is 385 Å². The SMILES string of the molecule is CC(C)(C)OC(=O)NCc1ccc(C=O)cc1.CC(C)(C)OC(=O)NCc1ccc(CO)cc1.CCOC(OCC)c1ccc(C=O)cc1.NCc1ccc(CO)cc1.O=Cc1ccc(CO)cc1.[Be+2].[CH2-]c1ccc(C=O)cc1.[H-].[N-]=[N+]=NCc1ccc(C=O)cc1.[N-]=[N+]=NCc1ccc(CO)cc1. The third-order valence-electron chi connectivity index (χ3n) is 12.8. The van der Waals surface area contributed by atoms with Crippen molar-refractivity contribution in [2.24, 2.45) is 16.0 Å². The fourth-order valence-electron chi connectivity index (χ4n) is 7.49. The molecule has 0 saturated heterocycles. The summed E-state index contributed by atoms with van der Waals surface area (Å²) < 4.78 is 21.1. The number of rotatable bonds is 23. The first-order valence-electron chi connectivity index (χ1n) is 32.0. The molecule has 8 aromatic rings. The van der Waals surface area contributed by atoms with E-state index >= 15 is 0 Å². The van der Waals surface area contributed by atoms with E-state index in [1.54, 1.807) is 97.1 Å². The number of nitrogens with one attached hydrogen (secondary N) is 2. The minimum atomic E-state index is -0.495. The van der Waals surface area contributed by atoms with Crippen molar-refractivity contribution in [3.05, 3.63) is 311 Å². The van der Waals surface area contributed by atoms with Crippen LogP contribution in [0, 0.1) is 6.92 Å². The van der Waals surface area contributed by atoms with E-state index in [9.17, 15) is 33.6 Å². The molecule has 0 spiro atoms. The Balaban J connectivity index is 0. The van der Waals surface area contributed by atoms with Crippen LogP contribution in [0.25, 0.3) is 20.9 Å². The number of alkyl carbamates (subject to hydrolysis) is 2. The zero-order valence-corrected chi connectivity index (χ0v) is 59.7. The number of carbonyl (C=O) groups excluding carboxylic acids is 7. The third-order valence-corrected chi connectivity index (χ3v) is 12.8. The van der Waals surface area contributed by atoms with E-state index in [4.69, 9.17) is 56.2 Å². The van der Waals surface area contributed by atoms with Gasteiger partial charge in [-0.1, -0.05) is 180 Å². The molecule has 0 unspecified atom stereocenters. The zero-order valence-electron chi connectivity index (χ0n) is 60.7. The summed E-state index contributed by atoms with van der Waals surface area (Å²) in [6, 6.07) is 57.3. The molecule has 0 heterocycles. The fourth-order valence-corrected chi connectivity index (χ4v) is 7.49. The second-order valence-electron chi connectivity index (χ2n) is 23.2. The van der Waals surface area contributed by atoms with E-state index in [1.807, 2.05) is 152 Å². The van der Waals surface area contributed by atoms with E-state index in [2.05, 4.69) is 37.6 Å². The Morgan fingerprint density at radius 3 is 0.951 bits per heavy atom. The van der Waals surface area contributed by atoms with Crippen LogP contribution in [0.4, 0.5) is 9.59 Å². The number of carbonyl (C=O) groups is 7. The van der Waals surface area contributed by atoms with E-state index in [1.165, 1.54) is 0 Å². The molecular formula is C78H95BeN9O15. The number of ether oxygens (including phenoxy) is 4. The number of azide groups is 2. The first-order chi connectivity index (χ1) is 48.9. The van der Waals surface area contributed by atoms with Crippen molar-refractivity contribution in [3.8, 4) is 0 Å². The van der Waals surface area contributed by atoms with Crippen LogP contribution in [-0.2, 0) is 78.1 Å². The molecule has 544 valence electrons. The molecule has 0 aromatic heterocycles. The van der Waals surface area contributed by atoms with E-state index in [0.717, 1.165) is 92.6 Å². The normalized spacial score (nSPS) is 9.84. The van der Waals surface area contributed by atoms with Crippen molar-refractivity contribution in [3.63, 3.8) is 0 Å². The molecule has 2 amide bonds. The Kier molecular flexibility index (Phi) is 49.0. The quantitative estimate of drug-likeness (QED) is 0.00595. The number of nitrogens with two attached hydrogens (primary N) is 1. The number of amides is 2. The predicted molar refractivity (Wildman–Crippen MR) is 399 cm³/mol. The molecule has 8 aromatic carbocycles. The maximum atomic E-state index is 11.4. The summed E-state index contributed by atoms with van der Waals surface area (Å²) in [5.41, 5.74) is 33.9. The second-order valence-corrected chi connectivity index (χ2v) is 23.2. The summed E-state index contributed by atoms with van der Waals surface area (Å²) in [5.74, 6) is 0. The van der Waals surface area contributed by atoms with E-state index in [-0.39, 0.29) is 44.3 Å². The van der Waals surface area contributed by atoms with Gasteiger partial charge < -0.3 is 57.2 Å². The molecule has 8 N–H and O–H groups in total. The van der Waals surface area contributed by atoms with E-state index < -0.39 is 23.4 Å². The first kappa shape index (κ1) is 92.0. The van der Waals surface area contributed by atoms with Gasteiger partial charge in [0, 0.05) is 70.5 Å². The van der Waals surface area contributed by atoms with Crippen molar-refractivity contribution in [1.82, 2.24) is 10.6 Å². The Labute approximate surface area is 608 Å². The minimum Gasteiger partial charge on any atom is -1.00 e. The van der Waals surface area contributed by atoms with Gasteiger partial charge in [-0.15, -0.1) is 12.1 Å². The van der Waals surface area contributed by atoms with Crippen molar-refractivity contribution in [2.75, 3.05) is 13.2 Å². The van der Waals surface area contributed by atoms with Crippen LogP contribution in [0.2, 0.25) is 0 Å². The van der Waals surface area contributed by atoms with Gasteiger partial charge >= 0.3 is 22.3 Å². The largest absolute Gasteiger partial charge is 2.00 e. The van der Waals surface area contributed by atoms with Crippen LogP contribution in [-0.4, -0.2) is 98.6 Å². The van der Waals surface area contributed by atoms with Gasteiger partial charge in [-0.3, -0.25) is 24.0 Å². The van der Waals surface area contributed by atoms with Gasteiger partial charge in [0.25, 0.3) is 0 Å². The Hall–Kier alpha value is -11.0. The van der Waals surface area contributed by atoms with Gasteiger partial charge in [0.15, 0.2) is 6.29 Å². The number of nitrogens with zero attached hydrogens (tertiary/aromatic N) is 6. The molecule has 0 radical (unpaired) electrons. The van der Waals surface area contributed by atoms with Crippen molar-refractivity contribution < 1.29 is 74.4 Å². The van der Waals surface area contributed by atoms with Gasteiger partial charge in [-0.25, -0.2) is 9.59 Å². The summed E-state index contributed by atoms with van der Waals surface area (Å²) in [6.07, 6.45) is 2.77. The summed E-state index contributed by atoms with van der Waals surface area (Å²) in [4.78, 5) is 79.4. The molecular weight excluding hydrogens is 1310 g/mol. The van der Waals surface area contributed by atoms with Crippen LogP contribution < -0.4 is 16.4 Å². The summed E-state index contributed by atoms with van der Waals surface area (Å²) in [7, 11) is 0. The average molecular weight is 1410 g/mol. The maximum absolute atomic E-state index is 11.4. The van der Waals surface area contributed by atoms with E-state index in [0.29, 0.717) is 73.8 Å². The molecule has 103 heavy (non-hydrogen) atoms. The third kappa shape index (κ3) is 44.7. The molecule has 0 atom stereocenters. The number of benzene rings is 8. The molecule has 25 heteroatoms. The molecule has 0 aliphatic carbocycles.